The van der Waals surface area contributed by atoms with Crippen molar-refractivity contribution in [1.29, 1.82) is 0 Å². The van der Waals surface area contributed by atoms with E-state index < -0.39 is 0 Å². The highest BCUT2D eigenvalue weighted by molar-refractivity contribution is 7.80. The van der Waals surface area contributed by atoms with Crippen LogP contribution in [0.3, 0.4) is 0 Å². The summed E-state index contributed by atoms with van der Waals surface area (Å²) in [5.74, 6) is 3.69. The third-order valence-electron chi connectivity index (χ3n) is 9.76. The van der Waals surface area contributed by atoms with Crippen LogP contribution in [-0.4, -0.2) is 50.9 Å². The molecule has 0 amide bonds. The fourth-order valence-corrected chi connectivity index (χ4v) is 7.82. The van der Waals surface area contributed by atoms with Crippen LogP contribution in [0.5, 0.6) is 5.75 Å². The van der Waals surface area contributed by atoms with Crippen LogP contribution in [0.1, 0.15) is 74.6 Å². The van der Waals surface area contributed by atoms with Gasteiger partial charge in [0.2, 0.25) is 0 Å². The summed E-state index contributed by atoms with van der Waals surface area (Å²) in [7, 11) is 1.90. The fraction of sp³-hybridized carbons (Fsp3) is 0.583. The zero-order valence-electron chi connectivity index (χ0n) is 26.7. The van der Waals surface area contributed by atoms with Gasteiger partial charge in [0.15, 0.2) is 0 Å². The van der Waals surface area contributed by atoms with Gasteiger partial charge in [-0.1, -0.05) is 56.2 Å². The number of nitrogens with two attached hydrogens (primary N) is 1. The molecule has 1 fully saturated rings. The van der Waals surface area contributed by atoms with Gasteiger partial charge in [-0.15, -0.1) is 0 Å². The van der Waals surface area contributed by atoms with Gasteiger partial charge in [0.05, 0.1) is 18.4 Å². The molecule has 238 valence electrons. The van der Waals surface area contributed by atoms with Gasteiger partial charge in [0.1, 0.15) is 12.5 Å². The van der Waals surface area contributed by atoms with Gasteiger partial charge in [-0.05, 0) is 103 Å². The number of ether oxygens (including phenoxy) is 2. The molecule has 1 aliphatic heterocycles. The van der Waals surface area contributed by atoms with Crippen molar-refractivity contribution in [2.45, 2.75) is 83.8 Å². The molecule has 2 aromatic rings. The standard InChI is InChI=1S/C32H42N2O2S.C3H8.CH2O.H2O/c1-21-5-11-28-23(14-21)4-3-13-32(28)19-34(29-15-22(16-33)6-12-30(29)36-20-32)17-24-7-9-26(24)31(35-2)27-10-8-25(27)18-37;1-3-2;1-2;/h5-6,10-12,14-15,24-26,31,37H,3-4,7-9,13,16-20,33H2,1-2H3;3H2,1-2H3;1H2;1H2/t24-,25-,26+,31+,32-;;;/m0.../s1. The molecule has 0 bridgehead atoms. The van der Waals surface area contributed by atoms with Crippen molar-refractivity contribution in [3.05, 3.63) is 70.3 Å². The van der Waals surface area contributed by atoms with Gasteiger partial charge < -0.3 is 30.4 Å². The van der Waals surface area contributed by atoms with E-state index in [0.717, 1.165) is 37.6 Å². The summed E-state index contributed by atoms with van der Waals surface area (Å²) in [5, 5.41) is 0. The second-order valence-corrected chi connectivity index (χ2v) is 13.0. The van der Waals surface area contributed by atoms with Gasteiger partial charge in [-0.2, -0.15) is 12.6 Å². The van der Waals surface area contributed by atoms with Crippen LogP contribution in [0.15, 0.2) is 48.0 Å². The lowest BCUT2D eigenvalue weighted by Crippen LogP contribution is -2.50. The molecule has 43 heavy (non-hydrogen) atoms. The van der Waals surface area contributed by atoms with Crippen LogP contribution in [0.2, 0.25) is 0 Å². The first-order valence-corrected chi connectivity index (χ1v) is 16.5. The number of nitrogens with zero attached hydrogens (tertiary/aromatic N) is 1. The summed E-state index contributed by atoms with van der Waals surface area (Å²) in [6, 6.07) is 13.6. The smallest absolute Gasteiger partial charge is 0.142 e. The number of carbonyl (C=O) groups is 1. The maximum absolute atomic E-state index is 8.00. The Balaban J connectivity index is 0.000000796. The number of benzene rings is 2. The molecular formula is C36H54N2O4S. The molecule has 2 aromatic carbocycles. The Morgan fingerprint density at radius 1 is 1.19 bits per heavy atom. The second-order valence-electron chi connectivity index (χ2n) is 12.7. The van der Waals surface area contributed by atoms with Gasteiger partial charge in [0.25, 0.3) is 0 Å². The first-order valence-electron chi connectivity index (χ1n) is 15.9. The van der Waals surface area contributed by atoms with Crippen molar-refractivity contribution >= 4 is 25.1 Å². The number of methoxy groups -OCH3 is 1. The van der Waals surface area contributed by atoms with E-state index in [0.29, 0.717) is 24.3 Å². The Bertz CT molecular complexity index is 1220. The van der Waals surface area contributed by atoms with Crippen LogP contribution in [0.25, 0.3) is 0 Å². The highest BCUT2D eigenvalue weighted by atomic mass is 32.1. The maximum atomic E-state index is 8.00. The molecule has 7 heteroatoms. The highest BCUT2D eigenvalue weighted by Gasteiger charge is 2.46. The highest BCUT2D eigenvalue weighted by Crippen LogP contribution is 2.48. The van der Waals surface area contributed by atoms with Crippen LogP contribution < -0.4 is 15.4 Å². The van der Waals surface area contributed by atoms with E-state index in [1.165, 1.54) is 72.0 Å². The number of thiol groups is 1. The van der Waals surface area contributed by atoms with Crippen molar-refractivity contribution in [1.82, 2.24) is 0 Å². The average Bonchev–Trinajstić information content (AvgIpc) is 3.12. The summed E-state index contributed by atoms with van der Waals surface area (Å²) < 4.78 is 12.8. The minimum absolute atomic E-state index is 0. The quantitative estimate of drug-likeness (QED) is 0.285. The third-order valence-corrected chi connectivity index (χ3v) is 10.2. The predicted molar refractivity (Wildman–Crippen MR) is 182 cm³/mol. The molecule has 4 aliphatic rings. The molecule has 0 saturated heterocycles. The predicted octanol–water partition coefficient (Wildman–Crippen LogP) is 6.25. The van der Waals surface area contributed by atoms with Gasteiger partial charge in [-0.25, -0.2) is 0 Å². The van der Waals surface area contributed by atoms with E-state index in [-0.39, 0.29) is 17.0 Å². The number of aryl methyl sites for hydroxylation is 2. The Morgan fingerprint density at radius 2 is 1.95 bits per heavy atom. The normalized spacial score (nSPS) is 25.7. The zero-order chi connectivity index (χ0) is 30.3. The number of allylic oxidation sites excluding steroid dienone is 1. The molecule has 1 spiro atoms. The maximum Gasteiger partial charge on any atom is 0.142 e. The van der Waals surface area contributed by atoms with Crippen molar-refractivity contribution in [3.8, 4) is 5.75 Å². The summed E-state index contributed by atoms with van der Waals surface area (Å²) >= 11 is 4.60. The molecule has 1 heterocycles. The number of carbonyl (C=O) groups excluding carboxylic acids is 1. The van der Waals surface area contributed by atoms with E-state index in [1.807, 2.05) is 13.9 Å². The summed E-state index contributed by atoms with van der Waals surface area (Å²) in [6.07, 6.45) is 11.1. The van der Waals surface area contributed by atoms with Crippen molar-refractivity contribution in [3.63, 3.8) is 0 Å². The third kappa shape index (κ3) is 7.33. The Kier molecular flexibility index (Phi) is 13.2. The molecule has 0 unspecified atom stereocenters. The lowest BCUT2D eigenvalue weighted by Gasteiger charge is -2.48. The van der Waals surface area contributed by atoms with E-state index >= 15 is 0 Å². The van der Waals surface area contributed by atoms with E-state index in [9.17, 15) is 0 Å². The summed E-state index contributed by atoms with van der Waals surface area (Å²) in [6.45, 7) is 11.8. The molecule has 4 N–H and O–H groups in total. The number of anilines is 1. The second kappa shape index (κ2) is 16.1. The summed E-state index contributed by atoms with van der Waals surface area (Å²) in [4.78, 5) is 10.7. The number of hydrogen-bond donors (Lipinski definition) is 2. The van der Waals surface area contributed by atoms with Gasteiger partial charge in [-0.3, -0.25) is 0 Å². The number of hydrogen-bond acceptors (Lipinski definition) is 6. The molecular weight excluding hydrogens is 556 g/mol. The van der Waals surface area contributed by atoms with Crippen molar-refractivity contribution < 1.29 is 19.7 Å². The molecule has 6 nitrogen and oxygen atoms in total. The Hall–Kier alpha value is -2.32. The Labute approximate surface area is 265 Å². The molecule has 3 aliphatic carbocycles. The molecule has 5 atom stereocenters. The van der Waals surface area contributed by atoms with E-state index in [1.54, 1.807) is 0 Å². The van der Waals surface area contributed by atoms with Crippen LogP contribution in [0, 0.1) is 24.7 Å². The first kappa shape index (κ1) is 35.2. The molecule has 0 radical (unpaired) electrons. The Morgan fingerprint density at radius 3 is 2.56 bits per heavy atom. The lowest BCUT2D eigenvalue weighted by molar-refractivity contribution is -0.0980. The molecule has 0 aromatic heterocycles. The van der Waals surface area contributed by atoms with Crippen LogP contribution in [0.4, 0.5) is 5.69 Å². The first-order chi connectivity index (χ1) is 20.5. The number of rotatable bonds is 7. The monoisotopic (exact) mass is 610 g/mol. The van der Waals surface area contributed by atoms with E-state index in [2.05, 4.69) is 80.8 Å². The minimum Gasteiger partial charge on any atom is -0.490 e. The van der Waals surface area contributed by atoms with Crippen LogP contribution in [-0.2, 0) is 27.9 Å². The topological polar surface area (TPSA) is 96.3 Å². The molecule has 1 saturated carbocycles. The average molecular weight is 611 g/mol. The summed E-state index contributed by atoms with van der Waals surface area (Å²) in [5.41, 5.74) is 14.3. The lowest BCUT2D eigenvalue weighted by atomic mass is 9.65. The fourth-order valence-electron chi connectivity index (χ4n) is 7.46. The largest absolute Gasteiger partial charge is 0.490 e. The zero-order valence-corrected chi connectivity index (χ0v) is 27.6. The minimum atomic E-state index is 0. The van der Waals surface area contributed by atoms with Crippen LogP contribution >= 0.6 is 12.6 Å². The van der Waals surface area contributed by atoms with Gasteiger partial charge >= 0.3 is 0 Å². The van der Waals surface area contributed by atoms with E-state index in [4.69, 9.17) is 20.0 Å². The van der Waals surface area contributed by atoms with Gasteiger partial charge in [0, 0.05) is 32.2 Å². The van der Waals surface area contributed by atoms with Crippen molar-refractivity contribution in [2.24, 2.45) is 23.5 Å². The van der Waals surface area contributed by atoms with Crippen molar-refractivity contribution in [2.75, 3.05) is 37.5 Å². The number of fused-ring (bicyclic) bond motifs is 3. The SMILES string of the molecule is C=O.CCC.CO[C@@H](C1=CC[C@H]1CS)[C@@H]1CC[C@H]1CN1C[C@@]2(CCCc3cc(C)ccc32)COc2ccc(CN)cc21.O. The molecule has 6 rings (SSSR count).